The van der Waals surface area contributed by atoms with E-state index in [4.69, 9.17) is 0 Å². The highest BCUT2D eigenvalue weighted by molar-refractivity contribution is 9.10. The van der Waals surface area contributed by atoms with Gasteiger partial charge in [-0.05, 0) is 64.4 Å². The van der Waals surface area contributed by atoms with Crippen molar-refractivity contribution in [3.8, 4) is 0 Å². The third kappa shape index (κ3) is 4.60. The van der Waals surface area contributed by atoms with E-state index in [2.05, 4.69) is 56.3 Å². The third-order valence-electron chi connectivity index (χ3n) is 2.50. The molecule has 0 atom stereocenters. The van der Waals surface area contributed by atoms with Gasteiger partial charge in [0.05, 0.1) is 0 Å². The molecule has 0 radical (unpaired) electrons. The van der Waals surface area contributed by atoms with Crippen LogP contribution in [0, 0.1) is 0 Å². The Labute approximate surface area is 126 Å². The minimum Gasteiger partial charge on any atom is -0.313 e. The predicted octanol–water partition coefficient (Wildman–Crippen LogP) is 3.89. The lowest BCUT2D eigenvalue weighted by atomic mass is 10.2. The molecule has 0 aliphatic heterocycles. The van der Waals surface area contributed by atoms with E-state index >= 15 is 0 Å². The van der Waals surface area contributed by atoms with Crippen LogP contribution >= 0.6 is 27.7 Å². The summed E-state index contributed by atoms with van der Waals surface area (Å²) in [6.45, 7) is 4.12. The van der Waals surface area contributed by atoms with Gasteiger partial charge in [0.2, 0.25) is 0 Å². The van der Waals surface area contributed by atoms with Crippen LogP contribution in [-0.4, -0.2) is 16.5 Å². The Morgan fingerprint density at radius 1 is 1.26 bits per heavy atom. The Morgan fingerprint density at radius 3 is 2.74 bits per heavy atom. The van der Waals surface area contributed by atoms with E-state index in [1.165, 1.54) is 5.56 Å². The zero-order chi connectivity index (χ0) is 13.5. The number of hydrogen-bond acceptors (Lipinski definition) is 4. The second-order valence-electron chi connectivity index (χ2n) is 4.07. The largest absolute Gasteiger partial charge is 0.313 e. The Kier molecular flexibility index (Phi) is 5.82. The van der Waals surface area contributed by atoms with Gasteiger partial charge in [-0.2, -0.15) is 0 Å². The highest BCUT2D eigenvalue weighted by Gasteiger charge is 2.05. The number of aromatic nitrogens is 2. The molecule has 2 rings (SSSR count). The van der Waals surface area contributed by atoms with Crippen LogP contribution in [0.3, 0.4) is 0 Å². The molecule has 2 aromatic rings. The average molecular weight is 338 g/mol. The first kappa shape index (κ1) is 14.5. The van der Waals surface area contributed by atoms with Crippen LogP contribution in [0.5, 0.6) is 0 Å². The van der Waals surface area contributed by atoms with E-state index in [9.17, 15) is 0 Å². The highest BCUT2D eigenvalue weighted by Crippen LogP contribution is 2.31. The van der Waals surface area contributed by atoms with Gasteiger partial charge in [0.15, 0.2) is 5.16 Å². The summed E-state index contributed by atoms with van der Waals surface area (Å²) in [6, 6.07) is 8.21. The molecule has 0 fully saturated rings. The van der Waals surface area contributed by atoms with Crippen molar-refractivity contribution in [2.75, 3.05) is 6.54 Å². The van der Waals surface area contributed by atoms with Gasteiger partial charge in [-0.15, -0.1) is 0 Å². The fourth-order valence-electron chi connectivity index (χ4n) is 1.58. The van der Waals surface area contributed by atoms with Crippen LogP contribution in [0.1, 0.15) is 18.9 Å². The van der Waals surface area contributed by atoms with Crippen molar-refractivity contribution in [3.63, 3.8) is 0 Å². The topological polar surface area (TPSA) is 37.8 Å². The minimum atomic E-state index is 0.764. The Bertz CT molecular complexity index is 519. The fourth-order valence-corrected chi connectivity index (χ4v) is 2.97. The van der Waals surface area contributed by atoms with Crippen LogP contribution in [0.2, 0.25) is 0 Å². The summed E-state index contributed by atoms with van der Waals surface area (Å²) in [7, 11) is 0. The number of nitrogens with zero attached hydrogens (tertiary/aromatic N) is 2. The first-order chi connectivity index (χ1) is 9.29. The van der Waals surface area contributed by atoms with Crippen molar-refractivity contribution < 1.29 is 0 Å². The summed E-state index contributed by atoms with van der Waals surface area (Å²) < 4.78 is 1.08. The molecule has 0 aliphatic carbocycles. The van der Waals surface area contributed by atoms with Crippen molar-refractivity contribution in [2.45, 2.75) is 29.9 Å². The molecule has 1 heterocycles. The molecule has 0 spiro atoms. The van der Waals surface area contributed by atoms with Gasteiger partial charge in [-0.25, -0.2) is 9.97 Å². The molecule has 0 amide bonds. The van der Waals surface area contributed by atoms with E-state index in [-0.39, 0.29) is 0 Å². The van der Waals surface area contributed by atoms with Gasteiger partial charge >= 0.3 is 0 Å². The molecule has 19 heavy (non-hydrogen) atoms. The molecule has 0 saturated carbocycles. The smallest absolute Gasteiger partial charge is 0.192 e. The first-order valence-electron chi connectivity index (χ1n) is 6.23. The maximum atomic E-state index is 4.22. The maximum absolute atomic E-state index is 4.22. The monoisotopic (exact) mass is 337 g/mol. The van der Waals surface area contributed by atoms with Gasteiger partial charge in [0.25, 0.3) is 0 Å². The second kappa shape index (κ2) is 7.62. The lowest BCUT2D eigenvalue weighted by Gasteiger charge is -2.07. The SMILES string of the molecule is CCCNCc1ccc(Sc2ncccn2)c(Br)c1. The Hall–Kier alpha value is -0.910. The van der Waals surface area contributed by atoms with E-state index < -0.39 is 0 Å². The minimum absolute atomic E-state index is 0.764. The van der Waals surface area contributed by atoms with Crippen molar-refractivity contribution in [2.24, 2.45) is 0 Å². The van der Waals surface area contributed by atoms with Gasteiger partial charge < -0.3 is 5.32 Å². The number of halogens is 1. The quantitative estimate of drug-likeness (QED) is 0.641. The predicted molar refractivity (Wildman–Crippen MR) is 82.3 cm³/mol. The number of hydrogen-bond donors (Lipinski definition) is 1. The zero-order valence-corrected chi connectivity index (χ0v) is 13.2. The number of rotatable bonds is 6. The van der Waals surface area contributed by atoms with Gasteiger partial charge in [0, 0.05) is 28.3 Å². The summed E-state index contributed by atoms with van der Waals surface area (Å²) in [5.74, 6) is 0. The van der Waals surface area contributed by atoms with Gasteiger partial charge in [0.1, 0.15) is 0 Å². The molecular weight excluding hydrogens is 322 g/mol. The summed E-state index contributed by atoms with van der Waals surface area (Å²) in [6.07, 6.45) is 4.67. The van der Waals surface area contributed by atoms with Crippen LogP contribution in [0.4, 0.5) is 0 Å². The fraction of sp³-hybridized carbons (Fsp3) is 0.286. The average Bonchev–Trinajstić information content (AvgIpc) is 2.43. The molecule has 100 valence electrons. The molecule has 0 aliphatic rings. The van der Waals surface area contributed by atoms with E-state index in [0.717, 1.165) is 34.0 Å². The lowest BCUT2D eigenvalue weighted by Crippen LogP contribution is -2.13. The second-order valence-corrected chi connectivity index (χ2v) is 5.94. The molecule has 1 aromatic carbocycles. The summed E-state index contributed by atoms with van der Waals surface area (Å²) in [5, 5.41) is 4.16. The third-order valence-corrected chi connectivity index (χ3v) is 4.38. The van der Waals surface area contributed by atoms with Crippen LogP contribution in [0.25, 0.3) is 0 Å². The summed E-state index contributed by atoms with van der Waals surface area (Å²) in [4.78, 5) is 9.56. The molecule has 0 unspecified atom stereocenters. The van der Waals surface area contributed by atoms with E-state index in [1.54, 1.807) is 24.2 Å². The zero-order valence-electron chi connectivity index (χ0n) is 10.8. The van der Waals surface area contributed by atoms with Crippen LogP contribution < -0.4 is 5.32 Å². The van der Waals surface area contributed by atoms with Gasteiger partial charge in [-0.1, -0.05) is 13.0 Å². The number of nitrogens with one attached hydrogen (secondary N) is 1. The molecule has 5 heteroatoms. The van der Waals surface area contributed by atoms with E-state index in [0.29, 0.717) is 0 Å². The molecule has 1 N–H and O–H groups in total. The van der Waals surface area contributed by atoms with Gasteiger partial charge in [-0.3, -0.25) is 0 Å². The van der Waals surface area contributed by atoms with Crippen molar-refractivity contribution in [3.05, 3.63) is 46.7 Å². The maximum Gasteiger partial charge on any atom is 0.192 e. The Balaban J connectivity index is 2.03. The molecule has 0 bridgehead atoms. The van der Waals surface area contributed by atoms with Crippen LogP contribution in [-0.2, 0) is 6.54 Å². The molecule has 0 saturated heterocycles. The van der Waals surface area contributed by atoms with Crippen LogP contribution in [0.15, 0.2) is 51.2 Å². The van der Waals surface area contributed by atoms with Crippen molar-refractivity contribution in [1.82, 2.24) is 15.3 Å². The Morgan fingerprint density at radius 2 is 2.05 bits per heavy atom. The van der Waals surface area contributed by atoms with Crippen molar-refractivity contribution in [1.29, 1.82) is 0 Å². The highest BCUT2D eigenvalue weighted by atomic mass is 79.9. The normalized spacial score (nSPS) is 10.6. The number of benzene rings is 1. The lowest BCUT2D eigenvalue weighted by molar-refractivity contribution is 0.675. The summed E-state index contributed by atoms with van der Waals surface area (Å²) >= 11 is 5.17. The van der Waals surface area contributed by atoms with E-state index in [1.807, 2.05) is 6.07 Å². The summed E-state index contributed by atoms with van der Waals surface area (Å²) in [5.41, 5.74) is 1.28. The molecule has 3 nitrogen and oxygen atoms in total. The van der Waals surface area contributed by atoms with Crippen molar-refractivity contribution >= 4 is 27.7 Å². The molecule has 1 aromatic heterocycles. The standard InChI is InChI=1S/C14H16BrN3S/c1-2-6-16-10-11-4-5-13(12(15)9-11)19-14-17-7-3-8-18-14/h3-5,7-9,16H,2,6,10H2,1H3. The first-order valence-corrected chi connectivity index (χ1v) is 7.84. The molecular formula is C14H16BrN3S.